The molecule has 19 heavy (non-hydrogen) atoms. The Balaban J connectivity index is 2.22. The standard InChI is InChI=1S/C14H17BrN2O2/c1-9(18)10-4-5-13(12(15)7-10)17-6-2-3-11(8-17)14(16)19/h4-5,7,11H,2-3,6,8H2,1H3,(H2,16,19). The summed E-state index contributed by atoms with van der Waals surface area (Å²) in [4.78, 5) is 24.8. The summed E-state index contributed by atoms with van der Waals surface area (Å²) in [5.74, 6) is -0.282. The Morgan fingerprint density at radius 3 is 2.74 bits per heavy atom. The van der Waals surface area contributed by atoms with Crippen LogP contribution in [-0.4, -0.2) is 24.8 Å². The second kappa shape index (κ2) is 5.74. The van der Waals surface area contributed by atoms with E-state index in [1.54, 1.807) is 6.92 Å². The maximum atomic E-state index is 11.3. The number of hydrogen-bond acceptors (Lipinski definition) is 3. The summed E-state index contributed by atoms with van der Waals surface area (Å²) in [5, 5.41) is 0. The highest BCUT2D eigenvalue weighted by molar-refractivity contribution is 9.10. The fourth-order valence-electron chi connectivity index (χ4n) is 2.41. The van der Waals surface area contributed by atoms with Gasteiger partial charge in [-0.3, -0.25) is 9.59 Å². The van der Waals surface area contributed by atoms with Crippen LogP contribution in [0.3, 0.4) is 0 Å². The summed E-state index contributed by atoms with van der Waals surface area (Å²) in [7, 11) is 0. The number of benzene rings is 1. The Morgan fingerprint density at radius 2 is 2.16 bits per heavy atom. The zero-order valence-corrected chi connectivity index (χ0v) is 12.4. The highest BCUT2D eigenvalue weighted by atomic mass is 79.9. The zero-order valence-electron chi connectivity index (χ0n) is 10.9. The molecule has 0 saturated carbocycles. The van der Waals surface area contributed by atoms with Crippen molar-refractivity contribution in [1.82, 2.24) is 0 Å². The number of ketones is 1. The summed E-state index contributed by atoms with van der Waals surface area (Å²) in [5.41, 5.74) is 7.08. The van der Waals surface area contributed by atoms with Crippen LogP contribution in [0.4, 0.5) is 5.69 Å². The first-order chi connectivity index (χ1) is 8.99. The lowest BCUT2D eigenvalue weighted by Crippen LogP contribution is -2.41. The maximum absolute atomic E-state index is 11.3. The van der Waals surface area contributed by atoms with Crippen LogP contribution in [-0.2, 0) is 4.79 Å². The van der Waals surface area contributed by atoms with E-state index in [0.717, 1.165) is 29.5 Å². The molecular formula is C14H17BrN2O2. The molecule has 1 fully saturated rings. The van der Waals surface area contributed by atoms with Crippen molar-refractivity contribution in [3.8, 4) is 0 Å². The molecule has 0 spiro atoms. The van der Waals surface area contributed by atoms with Crippen molar-refractivity contribution in [1.29, 1.82) is 0 Å². The quantitative estimate of drug-likeness (QED) is 0.868. The van der Waals surface area contributed by atoms with Gasteiger partial charge in [0.05, 0.1) is 11.6 Å². The van der Waals surface area contributed by atoms with E-state index < -0.39 is 0 Å². The molecule has 0 radical (unpaired) electrons. The molecule has 102 valence electrons. The van der Waals surface area contributed by atoms with Gasteiger partial charge in [-0.15, -0.1) is 0 Å². The molecule has 1 unspecified atom stereocenters. The number of nitrogens with two attached hydrogens (primary N) is 1. The van der Waals surface area contributed by atoms with Crippen molar-refractivity contribution in [3.05, 3.63) is 28.2 Å². The number of halogens is 1. The van der Waals surface area contributed by atoms with Gasteiger partial charge in [0.15, 0.2) is 5.78 Å². The largest absolute Gasteiger partial charge is 0.370 e. The van der Waals surface area contributed by atoms with E-state index in [2.05, 4.69) is 20.8 Å². The van der Waals surface area contributed by atoms with Crippen molar-refractivity contribution in [2.24, 2.45) is 11.7 Å². The van der Waals surface area contributed by atoms with E-state index in [9.17, 15) is 9.59 Å². The number of amides is 1. The van der Waals surface area contributed by atoms with E-state index in [4.69, 9.17) is 5.73 Å². The minimum Gasteiger partial charge on any atom is -0.370 e. The van der Waals surface area contributed by atoms with Crippen molar-refractivity contribution >= 4 is 33.3 Å². The molecule has 5 heteroatoms. The van der Waals surface area contributed by atoms with Gasteiger partial charge in [0.25, 0.3) is 0 Å². The Kier molecular flexibility index (Phi) is 4.24. The van der Waals surface area contributed by atoms with E-state index in [0.29, 0.717) is 12.1 Å². The minimum atomic E-state index is -0.235. The van der Waals surface area contributed by atoms with Crippen LogP contribution >= 0.6 is 15.9 Å². The van der Waals surface area contributed by atoms with Crippen molar-refractivity contribution < 1.29 is 9.59 Å². The lowest BCUT2D eigenvalue weighted by Gasteiger charge is -2.33. The Labute approximate surface area is 121 Å². The molecule has 0 aromatic heterocycles. The van der Waals surface area contributed by atoms with Crippen LogP contribution in [0.15, 0.2) is 22.7 Å². The number of hydrogen-bond donors (Lipinski definition) is 1. The topological polar surface area (TPSA) is 63.4 Å². The summed E-state index contributed by atoms with van der Waals surface area (Å²) in [6.07, 6.45) is 1.81. The van der Waals surface area contributed by atoms with Gasteiger partial charge in [0, 0.05) is 23.1 Å². The van der Waals surface area contributed by atoms with E-state index in [-0.39, 0.29) is 17.6 Å². The summed E-state index contributed by atoms with van der Waals surface area (Å²) in [6.45, 7) is 3.10. The first-order valence-electron chi connectivity index (χ1n) is 6.34. The molecule has 1 saturated heterocycles. The highest BCUT2D eigenvalue weighted by Crippen LogP contribution is 2.31. The maximum Gasteiger partial charge on any atom is 0.222 e. The number of Topliss-reactive ketones (excluding diaryl/α,β-unsaturated/α-hetero) is 1. The molecule has 2 rings (SSSR count). The molecule has 1 aliphatic heterocycles. The predicted octanol–water partition coefficient (Wildman–Crippen LogP) is 2.35. The summed E-state index contributed by atoms with van der Waals surface area (Å²) >= 11 is 3.50. The van der Waals surface area contributed by atoms with Gasteiger partial charge in [0.1, 0.15) is 0 Å². The van der Waals surface area contributed by atoms with Crippen molar-refractivity contribution in [2.45, 2.75) is 19.8 Å². The molecule has 1 aromatic rings. The third-order valence-electron chi connectivity index (χ3n) is 3.52. The number of rotatable bonds is 3. The molecule has 1 atom stereocenters. The normalized spacial score (nSPS) is 19.3. The van der Waals surface area contributed by atoms with E-state index in [1.165, 1.54) is 0 Å². The number of carbonyl (C=O) groups is 2. The van der Waals surface area contributed by atoms with Gasteiger partial charge in [-0.25, -0.2) is 0 Å². The molecule has 1 heterocycles. The van der Waals surface area contributed by atoms with Crippen LogP contribution in [0, 0.1) is 5.92 Å². The van der Waals surface area contributed by atoms with E-state index in [1.807, 2.05) is 18.2 Å². The van der Waals surface area contributed by atoms with Gasteiger partial charge in [-0.05, 0) is 53.9 Å². The van der Waals surface area contributed by atoms with Crippen molar-refractivity contribution in [2.75, 3.05) is 18.0 Å². The predicted molar refractivity (Wildman–Crippen MR) is 78.3 cm³/mol. The third-order valence-corrected chi connectivity index (χ3v) is 4.15. The average Bonchev–Trinajstić information content (AvgIpc) is 2.38. The summed E-state index contributed by atoms with van der Waals surface area (Å²) < 4.78 is 0.880. The zero-order chi connectivity index (χ0) is 14.0. The molecule has 2 N–H and O–H groups in total. The Morgan fingerprint density at radius 1 is 1.42 bits per heavy atom. The fraction of sp³-hybridized carbons (Fsp3) is 0.429. The van der Waals surface area contributed by atoms with Gasteiger partial charge in [-0.2, -0.15) is 0 Å². The average molecular weight is 325 g/mol. The highest BCUT2D eigenvalue weighted by Gasteiger charge is 2.25. The monoisotopic (exact) mass is 324 g/mol. The van der Waals surface area contributed by atoms with Crippen LogP contribution < -0.4 is 10.6 Å². The number of nitrogens with zero attached hydrogens (tertiary/aromatic N) is 1. The Bertz CT molecular complexity index is 516. The molecule has 1 aliphatic rings. The molecule has 1 aromatic carbocycles. The number of piperidine rings is 1. The van der Waals surface area contributed by atoms with Gasteiger partial charge in [-0.1, -0.05) is 0 Å². The Hall–Kier alpha value is -1.36. The number of carbonyl (C=O) groups excluding carboxylic acids is 2. The molecule has 0 bridgehead atoms. The molecule has 0 aliphatic carbocycles. The van der Waals surface area contributed by atoms with Gasteiger partial charge in [0.2, 0.25) is 5.91 Å². The van der Waals surface area contributed by atoms with Crippen LogP contribution in [0.1, 0.15) is 30.1 Å². The van der Waals surface area contributed by atoms with Crippen LogP contribution in [0.5, 0.6) is 0 Å². The smallest absolute Gasteiger partial charge is 0.222 e. The molecular weight excluding hydrogens is 308 g/mol. The fourth-order valence-corrected chi connectivity index (χ4v) is 3.04. The van der Waals surface area contributed by atoms with Crippen LogP contribution in [0.2, 0.25) is 0 Å². The lowest BCUT2D eigenvalue weighted by atomic mass is 9.97. The number of anilines is 1. The van der Waals surface area contributed by atoms with Crippen molar-refractivity contribution in [3.63, 3.8) is 0 Å². The molecule has 1 amide bonds. The SMILES string of the molecule is CC(=O)c1ccc(N2CCCC(C(N)=O)C2)c(Br)c1. The first kappa shape index (κ1) is 14.1. The van der Waals surface area contributed by atoms with Gasteiger partial charge < -0.3 is 10.6 Å². The second-order valence-corrected chi connectivity index (χ2v) is 5.76. The number of primary amides is 1. The second-order valence-electron chi connectivity index (χ2n) is 4.91. The third kappa shape index (κ3) is 3.15. The van der Waals surface area contributed by atoms with Gasteiger partial charge >= 0.3 is 0 Å². The van der Waals surface area contributed by atoms with E-state index >= 15 is 0 Å². The first-order valence-corrected chi connectivity index (χ1v) is 7.13. The summed E-state index contributed by atoms with van der Waals surface area (Å²) in [6, 6.07) is 5.56. The van der Waals surface area contributed by atoms with Crippen LogP contribution in [0.25, 0.3) is 0 Å². The minimum absolute atomic E-state index is 0.0425. The lowest BCUT2D eigenvalue weighted by molar-refractivity contribution is -0.122. The molecule has 4 nitrogen and oxygen atoms in total.